The van der Waals surface area contributed by atoms with Gasteiger partial charge in [0.1, 0.15) is 16.9 Å². The van der Waals surface area contributed by atoms with Crippen molar-refractivity contribution in [2.45, 2.75) is 32.5 Å². The third-order valence-corrected chi connectivity index (χ3v) is 2.52. The summed E-state index contributed by atoms with van der Waals surface area (Å²) in [7, 11) is 0. The summed E-state index contributed by atoms with van der Waals surface area (Å²) in [6, 6.07) is 3.55. The zero-order valence-electron chi connectivity index (χ0n) is 11.5. The van der Waals surface area contributed by atoms with Gasteiger partial charge in [0.2, 0.25) is 0 Å². The number of aromatic hydroxyl groups is 1. The van der Waals surface area contributed by atoms with E-state index in [1.807, 2.05) is 0 Å². The second-order valence-corrected chi connectivity index (χ2v) is 5.41. The van der Waals surface area contributed by atoms with Gasteiger partial charge in [-0.15, -0.1) is 0 Å². The van der Waals surface area contributed by atoms with Gasteiger partial charge in [-0.2, -0.15) is 23.0 Å². The first-order valence-corrected chi connectivity index (χ1v) is 6.02. The summed E-state index contributed by atoms with van der Waals surface area (Å²) in [6.45, 7) is 4.71. The number of phenolic OH excluding ortho intramolecular Hbond substituents is 1. The van der Waals surface area contributed by atoms with Crippen LogP contribution in [0.1, 0.15) is 26.5 Å². The lowest BCUT2D eigenvalue weighted by Crippen LogP contribution is -2.28. The standard InChI is InChI=1S/C13H13F3N2O3/c1-12(2,3)21-11(20)18-9-7(5-4-6-8(9)19)10(17-18)13(14,15)16/h4-6,19H,1-3H3. The number of para-hydroxylation sites is 1. The number of carbonyl (C=O) groups is 1. The van der Waals surface area contributed by atoms with Gasteiger partial charge in [-0.05, 0) is 26.8 Å². The van der Waals surface area contributed by atoms with Crippen LogP contribution in [0.5, 0.6) is 5.75 Å². The summed E-state index contributed by atoms with van der Waals surface area (Å²) >= 11 is 0. The Hall–Kier alpha value is -2.25. The Morgan fingerprint density at radius 3 is 2.43 bits per heavy atom. The fraction of sp³-hybridized carbons (Fsp3) is 0.385. The van der Waals surface area contributed by atoms with Crippen molar-refractivity contribution in [1.82, 2.24) is 9.78 Å². The number of aromatic nitrogens is 2. The molecule has 0 aliphatic rings. The van der Waals surface area contributed by atoms with Crippen LogP contribution in [0.4, 0.5) is 18.0 Å². The minimum Gasteiger partial charge on any atom is -0.506 e. The molecule has 0 radical (unpaired) electrons. The lowest BCUT2D eigenvalue weighted by molar-refractivity contribution is -0.140. The molecule has 2 aromatic rings. The molecule has 1 aromatic heterocycles. The number of ether oxygens (including phenoxy) is 1. The van der Waals surface area contributed by atoms with E-state index in [0.29, 0.717) is 4.68 Å². The highest BCUT2D eigenvalue weighted by atomic mass is 19.4. The van der Waals surface area contributed by atoms with Gasteiger partial charge in [0, 0.05) is 5.39 Å². The number of alkyl halides is 3. The fourth-order valence-electron chi connectivity index (χ4n) is 1.80. The van der Waals surface area contributed by atoms with Gasteiger partial charge >= 0.3 is 12.3 Å². The maximum absolute atomic E-state index is 13.0. The van der Waals surface area contributed by atoms with Gasteiger partial charge in [-0.25, -0.2) is 4.79 Å². The van der Waals surface area contributed by atoms with Crippen LogP contribution in [0.15, 0.2) is 18.2 Å². The fourth-order valence-corrected chi connectivity index (χ4v) is 1.80. The molecule has 8 heteroatoms. The highest BCUT2D eigenvalue weighted by Crippen LogP contribution is 2.37. The van der Waals surface area contributed by atoms with Gasteiger partial charge < -0.3 is 9.84 Å². The minimum atomic E-state index is -4.75. The van der Waals surface area contributed by atoms with E-state index in [9.17, 15) is 23.1 Å². The second-order valence-electron chi connectivity index (χ2n) is 5.41. The minimum absolute atomic E-state index is 0.334. The van der Waals surface area contributed by atoms with Gasteiger partial charge in [-0.3, -0.25) is 0 Å². The zero-order chi connectivity index (χ0) is 16.0. The van der Waals surface area contributed by atoms with Crippen LogP contribution >= 0.6 is 0 Å². The van der Waals surface area contributed by atoms with E-state index in [2.05, 4.69) is 5.10 Å². The summed E-state index contributed by atoms with van der Waals surface area (Å²) < 4.78 is 44.3. The SMILES string of the molecule is CC(C)(C)OC(=O)n1nc(C(F)(F)F)c2cccc(O)c21. The number of phenols is 1. The molecule has 0 bridgehead atoms. The van der Waals surface area contributed by atoms with Crippen LogP contribution in [-0.4, -0.2) is 26.6 Å². The molecule has 0 aliphatic carbocycles. The van der Waals surface area contributed by atoms with Crippen LogP contribution in [0.3, 0.4) is 0 Å². The van der Waals surface area contributed by atoms with Crippen molar-refractivity contribution in [3.63, 3.8) is 0 Å². The smallest absolute Gasteiger partial charge is 0.435 e. The first kappa shape index (κ1) is 15.1. The predicted octanol–water partition coefficient (Wildman–Crippen LogP) is 3.54. The summed E-state index contributed by atoms with van der Waals surface area (Å²) in [4.78, 5) is 12.0. The van der Waals surface area contributed by atoms with E-state index >= 15 is 0 Å². The summed E-state index contributed by atoms with van der Waals surface area (Å²) in [6.07, 6.45) is -5.84. The quantitative estimate of drug-likeness (QED) is 0.808. The predicted molar refractivity (Wildman–Crippen MR) is 68.0 cm³/mol. The van der Waals surface area contributed by atoms with Crippen LogP contribution < -0.4 is 0 Å². The van der Waals surface area contributed by atoms with E-state index in [1.165, 1.54) is 12.1 Å². The molecule has 1 aromatic carbocycles. The number of rotatable bonds is 0. The van der Waals surface area contributed by atoms with Gasteiger partial charge in [0.15, 0.2) is 5.69 Å². The molecule has 21 heavy (non-hydrogen) atoms. The number of nitrogens with zero attached hydrogens (tertiary/aromatic N) is 2. The molecule has 1 N–H and O–H groups in total. The molecule has 0 aliphatic heterocycles. The Labute approximate surface area is 117 Å². The normalized spacial score (nSPS) is 12.7. The first-order chi connectivity index (χ1) is 9.50. The van der Waals surface area contributed by atoms with Gasteiger partial charge in [-0.1, -0.05) is 12.1 Å². The number of benzene rings is 1. The zero-order valence-corrected chi connectivity index (χ0v) is 11.5. The van der Waals surface area contributed by atoms with Crippen LogP contribution in [0.2, 0.25) is 0 Å². The molecule has 0 saturated carbocycles. The van der Waals surface area contributed by atoms with Crippen molar-refractivity contribution < 1.29 is 27.8 Å². The Balaban J connectivity index is 2.67. The summed E-state index contributed by atoms with van der Waals surface area (Å²) in [5.41, 5.74) is -2.49. The molecule has 0 unspecified atom stereocenters. The van der Waals surface area contributed by atoms with Crippen molar-refractivity contribution in [2.24, 2.45) is 0 Å². The average molecular weight is 302 g/mol. The highest BCUT2D eigenvalue weighted by Gasteiger charge is 2.38. The van der Waals surface area contributed by atoms with Gasteiger partial charge in [0.25, 0.3) is 0 Å². The average Bonchev–Trinajstić information content (AvgIpc) is 2.67. The maximum atomic E-state index is 13.0. The first-order valence-electron chi connectivity index (χ1n) is 6.02. The molecule has 0 saturated heterocycles. The summed E-state index contributed by atoms with van der Waals surface area (Å²) in [5.74, 6) is -0.485. The van der Waals surface area contributed by atoms with Gasteiger partial charge in [0.05, 0.1) is 0 Å². The Bertz CT molecular complexity index is 699. The van der Waals surface area contributed by atoms with Crippen molar-refractivity contribution in [2.75, 3.05) is 0 Å². The largest absolute Gasteiger partial charge is 0.506 e. The number of halogens is 3. The van der Waals surface area contributed by atoms with E-state index in [0.717, 1.165) is 6.07 Å². The molecular weight excluding hydrogens is 289 g/mol. The molecule has 114 valence electrons. The Kier molecular flexibility index (Phi) is 3.35. The van der Waals surface area contributed by atoms with E-state index in [-0.39, 0.29) is 10.9 Å². The summed E-state index contributed by atoms with van der Waals surface area (Å²) in [5, 5.41) is 12.6. The third-order valence-electron chi connectivity index (χ3n) is 2.52. The third kappa shape index (κ3) is 2.93. The van der Waals surface area contributed by atoms with Crippen molar-refractivity contribution >= 4 is 17.0 Å². The lowest BCUT2D eigenvalue weighted by Gasteiger charge is -2.19. The molecule has 2 rings (SSSR count). The van der Waals surface area contributed by atoms with Crippen molar-refractivity contribution in [1.29, 1.82) is 0 Å². The molecular formula is C13H13F3N2O3. The van der Waals surface area contributed by atoms with Crippen molar-refractivity contribution in [3.8, 4) is 5.75 Å². The topological polar surface area (TPSA) is 64.4 Å². The molecule has 1 heterocycles. The maximum Gasteiger partial charge on any atom is 0.435 e. The number of hydrogen-bond acceptors (Lipinski definition) is 4. The van der Waals surface area contributed by atoms with Crippen LogP contribution in [0, 0.1) is 0 Å². The number of fused-ring (bicyclic) bond motifs is 1. The molecule has 0 atom stereocenters. The Morgan fingerprint density at radius 2 is 1.90 bits per heavy atom. The molecule has 0 spiro atoms. The van der Waals surface area contributed by atoms with Crippen molar-refractivity contribution in [3.05, 3.63) is 23.9 Å². The van der Waals surface area contributed by atoms with Crippen LogP contribution in [0.25, 0.3) is 10.9 Å². The van der Waals surface area contributed by atoms with E-state index in [4.69, 9.17) is 4.74 Å². The number of hydrogen-bond donors (Lipinski definition) is 1. The monoisotopic (exact) mass is 302 g/mol. The van der Waals surface area contributed by atoms with E-state index in [1.54, 1.807) is 20.8 Å². The van der Waals surface area contributed by atoms with E-state index < -0.39 is 29.3 Å². The highest BCUT2D eigenvalue weighted by molar-refractivity contribution is 5.94. The number of carbonyl (C=O) groups excluding carboxylic acids is 1. The van der Waals surface area contributed by atoms with Crippen LogP contribution in [-0.2, 0) is 10.9 Å². The Morgan fingerprint density at radius 1 is 1.29 bits per heavy atom. The molecule has 0 fully saturated rings. The molecule has 0 amide bonds. The second kappa shape index (κ2) is 4.64. The molecule has 5 nitrogen and oxygen atoms in total. The lowest BCUT2D eigenvalue weighted by atomic mass is 10.2.